The molecule has 2 heterocycles. The third-order valence-corrected chi connectivity index (χ3v) is 3.30. The summed E-state index contributed by atoms with van der Waals surface area (Å²) in [6.07, 6.45) is 6.49. The Balaban J connectivity index is 1.97. The summed E-state index contributed by atoms with van der Waals surface area (Å²) in [5.74, 6) is 0.438. The Hall–Kier alpha value is -1.95. The Morgan fingerprint density at radius 3 is 2.67 bits per heavy atom. The number of anilines is 1. The van der Waals surface area contributed by atoms with Crippen LogP contribution in [0.5, 0.6) is 6.01 Å². The Morgan fingerprint density at radius 1 is 1.24 bits per heavy atom. The van der Waals surface area contributed by atoms with E-state index in [9.17, 15) is 0 Å². The smallest absolute Gasteiger partial charge is 0.322 e. The van der Waals surface area contributed by atoms with Crippen LogP contribution in [0, 0.1) is 0 Å². The summed E-state index contributed by atoms with van der Waals surface area (Å²) in [6, 6.07) is 4.51. The molecule has 6 nitrogen and oxygen atoms in total. The number of nitrogens with one attached hydrogen (secondary N) is 1. The first kappa shape index (κ1) is 15.4. The molecule has 0 aromatic carbocycles. The van der Waals surface area contributed by atoms with Crippen molar-refractivity contribution in [3.63, 3.8) is 0 Å². The van der Waals surface area contributed by atoms with Crippen molar-refractivity contribution >= 4 is 17.5 Å². The number of hydrogen-bond acceptors (Lipinski definition) is 6. The number of halogens is 1. The summed E-state index contributed by atoms with van der Waals surface area (Å²) in [4.78, 5) is 16.1. The summed E-state index contributed by atoms with van der Waals surface area (Å²) in [6.45, 7) is 2.12. The Kier molecular flexibility index (Phi) is 5.68. The van der Waals surface area contributed by atoms with Crippen LogP contribution < -0.4 is 10.1 Å². The van der Waals surface area contributed by atoms with E-state index in [1.165, 1.54) is 12.7 Å². The molecule has 1 N–H and O–H groups in total. The van der Waals surface area contributed by atoms with E-state index in [0.717, 1.165) is 19.3 Å². The molecule has 2 rings (SSSR count). The summed E-state index contributed by atoms with van der Waals surface area (Å²) in [5.41, 5.74) is 1.26. The maximum absolute atomic E-state index is 5.84. The van der Waals surface area contributed by atoms with Crippen LogP contribution in [-0.4, -0.2) is 33.1 Å². The van der Waals surface area contributed by atoms with E-state index in [1.807, 2.05) is 12.1 Å². The van der Waals surface area contributed by atoms with Crippen LogP contribution in [0.2, 0.25) is 5.28 Å². The highest BCUT2D eigenvalue weighted by molar-refractivity contribution is 6.28. The van der Waals surface area contributed by atoms with Gasteiger partial charge in [0.2, 0.25) is 11.2 Å². The zero-order chi connectivity index (χ0) is 15.1. The number of hydrogen-bond donors (Lipinski definition) is 1. The van der Waals surface area contributed by atoms with Crippen molar-refractivity contribution in [1.29, 1.82) is 0 Å². The predicted octanol–water partition coefficient (Wildman–Crippen LogP) is 2.75. The third-order valence-electron chi connectivity index (χ3n) is 3.13. The zero-order valence-electron chi connectivity index (χ0n) is 12.1. The molecule has 0 radical (unpaired) electrons. The van der Waals surface area contributed by atoms with E-state index in [1.54, 1.807) is 12.4 Å². The maximum Gasteiger partial charge on any atom is 0.322 e. The lowest BCUT2D eigenvalue weighted by atomic mass is 10.0. The second-order valence-corrected chi connectivity index (χ2v) is 4.90. The number of aromatic nitrogens is 4. The molecule has 7 heteroatoms. The van der Waals surface area contributed by atoms with Gasteiger partial charge in [0.1, 0.15) is 0 Å². The number of nitrogens with zero attached hydrogens (tertiary/aromatic N) is 4. The molecule has 1 atom stereocenters. The number of ether oxygens (including phenoxy) is 1. The van der Waals surface area contributed by atoms with Crippen molar-refractivity contribution in [1.82, 2.24) is 19.9 Å². The van der Waals surface area contributed by atoms with Crippen LogP contribution >= 0.6 is 11.6 Å². The van der Waals surface area contributed by atoms with Crippen LogP contribution in [0.25, 0.3) is 0 Å². The van der Waals surface area contributed by atoms with Gasteiger partial charge in [-0.05, 0) is 48.6 Å². The Bertz CT molecular complexity index is 567. The fourth-order valence-electron chi connectivity index (χ4n) is 1.94. The largest absolute Gasteiger partial charge is 0.467 e. The van der Waals surface area contributed by atoms with E-state index in [4.69, 9.17) is 16.3 Å². The number of pyridine rings is 1. The molecule has 0 spiro atoms. The second kappa shape index (κ2) is 7.73. The quantitative estimate of drug-likeness (QED) is 0.848. The summed E-state index contributed by atoms with van der Waals surface area (Å²) < 4.78 is 4.99. The van der Waals surface area contributed by atoms with Gasteiger partial charge in [-0.25, -0.2) is 0 Å². The van der Waals surface area contributed by atoms with Crippen molar-refractivity contribution < 1.29 is 4.74 Å². The molecular formula is C14H18ClN5O. The molecule has 1 unspecified atom stereocenters. The molecule has 0 aliphatic rings. The normalized spacial score (nSPS) is 12.0. The van der Waals surface area contributed by atoms with Crippen molar-refractivity contribution in [2.75, 3.05) is 12.4 Å². The Labute approximate surface area is 129 Å². The monoisotopic (exact) mass is 307 g/mol. The standard InChI is InChI=1S/C14H18ClN5O/c1-3-11(5-4-10-6-8-16-9-7-10)17-13-18-12(15)19-14(20-13)21-2/h6-9,11H,3-5H2,1-2H3,(H,17,18,19,20). The fourth-order valence-corrected chi connectivity index (χ4v) is 2.09. The third kappa shape index (κ3) is 4.82. The first-order valence-corrected chi connectivity index (χ1v) is 7.20. The summed E-state index contributed by atoms with van der Waals surface area (Å²) >= 11 is 5.84. The highest BCUT2D eigenvalue weighted by Gasteiger charge is 2.11. The van der Waals surface area contributed by atoms with Crippen molar-refractivity contribution in [3.05, 3.63) is 35.4 Å². The molecule has 0 fully saturated rings. The van der Waals surface area contributed by atoms with Gasteiger partial charge < -0.3 is 10.1 Å². The van der Waals surface area contributed by atoms with E-state index in [0.29, 0.717) is 5.95 Å². The van der Waals surface area contributed by atoms with E-state index >= 15 is 0 Å². The summed E-state index contributed by atoms with van der Waals surface area (Å²) in [5, 5.41) is 3.39. The van der Waals surface area contributed by atoms with Gasteiger partial charge in [0.15, 0.2) is 0 Å². The van der Waals surface area contributed by atoms with Crippen LogP contribution in [0.4, 0.5) is 5.95 Å². The highest BCUT2D eigenvalue weighted by atomic mass is 35.5. The van der Waals surface area contributed by atoms with Crippen LogP contribution in [0.15, 0.2) is 24.5 Å². The minimum atomic E-state index is 0.119. The van der Waals surface area contributed by atoms with Gasteiger partial charge in [-0.2, -0.15) is 15.0 Å². The molecule has 0 aliphatic carbocycles. The second-order valence-electron chi connectivity index (χ2n) is 4.56. The zero-order valence-corrected chi connectivity index (χ0v) is 12.8. The lowest BCUT2D eigenvalue weighted by molar-refractivity contribution is 0.378. The topological polar surface area (TPSA) is 72.8 Å². The first-order valence-electron chi connectivity index (χ1n) is 6.82. The van der Waals surface area contributed by atoms with Crippen LogP contribution in [0.1, 0.15) is 25.3 Å². The van der Waals surface area contributed by atoms with Crippen molar-refractivity contribution in [2.45, 2.75) is 32.2 Å². The van der Waals surface area contributed by atoms with Crippen molar-refractivity contribution in [2.24, 2.45) is 0 Å². The fraction of sp³-hybridized carbons (Fsp3) is 0.429. The molecule has 21 heavy (non-hydrogen) atoms. The average molecular weight is 308 g/mol. The van der Waals surface area contributed by atoms with Gasteiger partial charge in [0, 0.05) is 18.4 Å². The highest BCUT2D eigenvalue weighted by Crippen LogP contribution is 2.14. The maximum atomic E-state index is 5.84. The SMILES string of the molecule is CCC(CCc1ccncc1)Nc1nc(Cl)nc(OC)n1. The molecule has 2 aromatic rings. The average Bonchev–Trinajstić information content (AvgIpc) is 2.51. The van der Waals surface area contributed by atoms with Crippen LogP contribution in [-0.2, 0) is 6.42 Å². The van der Waals surface area contributed by atoms with E-state index in [-0.39, 0.29) is 17.3 Å². The molecule has 0 aliphatic heterocycles. The first-order chi connectivity index (χ1) is 10.2. The minimum absolute atomic E-state index is 0.119. The lowest BCUT2D eigenvalue weighted by Crippen LogP contribution is -2.21. The molecule has 0 saturated heterocycles. The molecular weight excluding hydrogens is 290 g/mol. The van der Waals surface area contributed by atoms with Gasteiger partial charge in [0.25, 0.3) is 0 Å². The minimum Gasteiger partial charge on any atom is -0.467 e. The van der Waals surface area contributed by atoms with Gasteiger partial charge >= 0.3 is 6.01 Å². The van der Waals surface area contributed by atoms with Gasteiger partial charge in [-0.3, -0.25) is 4.98 Å². The molecule has 0 amide bonds. The number of aryl methyl sites for hydroxylation is 1. The Morgan fingerprint density at radius 2 is 2.00 bits per heavy atom. The lowest BCUT2D eigenvalue weighted by Gasteiger charge is -2.17. The van der Waals surface area contributed by atoms with Gasteiger partial charge in [-0.15, -0.1) is 0 Å². The molecule has 0 bridgehead atoms. The number of rotatable bonds is 7. The van der Waals surface area contributed by atoms with E-state index < -0.39 is 0 Å². The van der Waals surface area contributed by atoms with E-state index in [2.05, 4.69) is 32.2 Å². The predicted molar refractivity (Wildman–Crippen MR) is 81.6 cm³/mol. The number of methoxy groups -OCH3 is 1. The van der Waals surface area contributed by atoms with Gasteiger partial charge in [-0.1, -0.05) is 6.92 Å². The van der Waals surface area contributed by atoms with Crippen molar-refractivity contribution in [3.8, 4) is 6.01 Å². The van der Waals surface area contributed by atoms with Gasteiger partial charge in [0.05, 0.1) is 7.11 Å². The van der Waals surface area contributed by atoms with Crippen LogP contribution in [0.3, 0.4) is 0 Å². The molecule has 112 valence electrons. The summed E-state index contributed by atoms with van der Waals surface area (Å²) in [7, 11) is 1.50. The molecule has 0 saturated carbocycles. The molecule has 2 aromatic heterocycles.